The van der Waals surface area contributed by atoms with Crippen LogP contribution in [0.25, 0.3) is 11.4 Å². The van der Waals surface area contributed by atoms with Crippen LogP contribution >= 0.6 is 15.9 Å². The summed E-state index contributed by atoms with van der Waals surface area (Å²) >= 11 is 3.40. The van der Waals surface area contributed by atoms with E-state index in [-0.39, 0.29) is 0 Å². The van der Waals surface area contributed by atoms with Crippen molar-refractivity contribution in [2.75, 3.05) is 0 Å². The smallest absolute Gasteiger partial charge is 0.226 e. The van der Waals surface area contributed by atoms with Crippen molar-refractivity contribution in [1.29, 1.82) is 0 Å². The first-order chi connectivity index (χ1) is 8.29. The number of aryl methyl sites for hydroxylation is 1. The average molecular weight is 295 g/mol. The van der Waals surface area contributed by atoms with Crippen LogP contribution in [0.4, 0.5) is 0 Å². The van der Waals surface area contributed by atoms with E-state index in [2.05, 4.69) is 33.0 Å². The Hall–Kier alpha value is -1.16. The summed E-state index contributed by atoms with van der Waals surface area (Å²) in [6, 6.07) is 7.90. The summed E-state index contributed by atoms with van der Waals surface area (Å²) in [5, 5.41) is 3.99. The number of unbranched alkanes of at least 4 members (excludes halogenated alkanes) is 2. The lowest BCUT2D eigenvalue weighted by molar-refractivity contribution is 0.374. The predicted octanol–water partition coefficient (Wildman–Crippen LogP) is 4.23. The average Bonchev–Trinajstić information content (AvgIpc) is 2.79. The van der Waals surface area contributed by atoms with Crippen molar-refractivity contribution in [2.24, 2.45) is 0 Å². The minimum Gasteiger partial charge on any atom is -0.339 e. The van der Waals surface area contributed by atoms with Gasteiger partial charge < -0.3 is 4.52 Å². The maximum atomic E-state index is 5.22. The summed E-state index contributed by atoms with van der Waals surface area (Å²) in [6.07, 6.45) is 4.39. The van der Waals surface area contributed by atoms with Crippen molar-refractivity contribution < 1.29 is 4.52 Å². The Labute approximate surface area is 109 Å². The van der Waals surface area contributed by atoms with Gasteiger partial charge in [-0.05, 0) is 30.7 Å². The van der Waals surface area contributed by atoms with Crippen LogP contribution in [-0.4, -0.2) is 10.1 Å². The van der Waals surface area contributed by atoms with Crippen LogP contribution < -0.4 is 0 Å². The van der Waals surface area contributed by atoms with Gasteiger partial charge in [0.1, 0.15) is 0 Å². The lowest BCUT2D eigenvalue weighted by atomic mass is 10.2. The molecule has 2 rings (SSSR count). The van der Waals surface area contributed by atoms with Crippen LogP contribution in [0.1, 0.15) is 32.1 Å². The van der Waals surface area contributed by atoms with Crippen molar-refractivity contribution in [3.63, 3.8) is 0 Å². The third-order valence-electron chi connectivity index (χ3n) is 2.56. The molecule has 0 fully saturated rings. The molecule has 90 valence electrons. The number of aromatic nitrogens is 2. The number of nitrogens with zero attached hydrogens (tertiary/aromatic N) is 2. The molecule has 1 heterocycles. The molecule has 17 heavy (non-hydrogen) atoms. The van der Waals surface area contributed by atoms with E-state index in [9.17, 15) is 0 Å². The number of hydrogen-bond donors (Lipinski definition) is 0. The van der Waals surface area contributed by atoms with Crippen LogP contribution in [0.2, 0.25) is 0 Å². The maximum Gasteiger partial charge on any atom is 0.226 e. The van der Waals surface area contributed by atoms with Gasteiger partial charge >= 0.3 is 0 Å². The molecule has 3 nitrogen and oxygen atoms in total. The van der Waals surface area contributed by atoms with E-state index in [0.717, 1.165) is 28.8 Å². The molecule has 0 aliphatic carbocycles. The van der Waals surface area contributed by atoms with Crippen LogP contribution in [0.5, 0.6) is 0 Å². The van der Waals surface area contributed by atoms with Crippen molar-refractivity contribution in [1.82, 2.24) is 10.1 Å². The van der Waals surface area contributed by atoms with Gasteiger partial charge in [0, 0.05) is 16.5 Å². The quantitative estimate of drug-likeness (QED) is 0.775. The molecule has 2 aromatic rings. The molecule has 0 amide bonds. The highest BCUT2D eigenvalue weighted by Crippen LogP contribution is 2.19. The van der Waals surface area contributed by atoms with E-state index < -0.39 is 0 Å². The van der Waals surface area contributed by atoms with Crippen LogP contribution in [0.15, 0.2) is 33.3 Å². The number of rotatable bonds is 5. The van der Waals surface area contributed by atoms with E-state index >= 15 is 0 Å². The molecule has 0 aliphatic rings. The lowest BCUT2D eigenvalue weighted by Gasteiger charge is -1.93. The molecule has 0 unspecified atom stereocenters. The van der Waals surface area contributed by atoms with Gasteiger partial charge in [-0.3, -0.25) is 0 Å². The molecule has 0 saturated carbocycles. The Morgan fingerprint density at radius 1 is 1.18 bits per heavy atom. The standard InChI is InChI=1S/C13H15BrN2O/c1-2-3-4-5-12-15-13(16-17-12)10-6-8-11(14)9-7-10/h6-9H,2-5H2,1H3. The van der Waals surface area contributed by atoms with Gasteiger partial charge in [0.05, 0.1) is 0 Å². The summed E-state index contributed by atoms with van der Waals surface area (Å²) in [4.78, 5) is 4.39. The fraction of sp³-hybridized carbons (Fsp3) is 0.385. The second-order valence-corrected chi connectivity index (χ2v) is 4.89. The largest absolute Gasteiger partial charge is 0.339 e. The molecule has 4 heteroatoms. The van der Waals surface area contributed by atoms with Gasteiger partial charge in [-0.15, -0.1) is 0 Å². The SMILES string of the molecule is CCCCCc1nc(-c2ccc(Br)cc2)no1. The van der Waals surface area contributed by atoms with Crippen LogP contribution in [0, 0.1) is 0 Å². The van der Waals surface area contributed by atoms with Gasteiger partial charge in [-0.1, -0.05) is 40.9 Å². The predicted molar refractivity (Wildman–Crippen MR) is 70.7 cm³/mol. The van der Waals surface area contributed by atoms with E-state index in [1.54, 1.807) is 0 Å². The van der Waals surface area contributed by atoms with Gasteiger partial charge in [0.2, 0.25) is 11.7 Å². The van der Waals surface area contributed by atoms with Crippen molar-refractivity contribution in [3.05, 3.63) is 34.6 Å². The van der Waals surface area contributed by atoms with E-state index in [4.69, 9.17) is 4.52 Å². The van der Waals surface area contributed by atoms with Gasteiger partial charge in [0.25, 0.3) is 0 Å². The number of hydrogen-bond acceptors (Lipinski definition) is 3. The highest BCUT2D eigenvalue weighted by molar-refractivity contribution is 9.10. The normalized spacial score (nSPS) is 10.7. The zero-order chi connectivity index (χ0) is 12.1. The molecular weight excluding hydrogens is 280 g/mol. The van der Waals surface area contributed by atoms with E-state index in [1.807, 2.05) is 24.3 Å². The van der Waals surface area contributed by atoms with E-state index in [0.29, 0.717) is 5.82 Å². The second-order valence-electron chi connectivity index (χ2n) is 3.98. The molecule has 1 aromatic carbocycles. The summed E-state index contributed by atoms with van der Waals surface area (Å²) in [5.74, 6) is 1.40. The molecule has 0 radical (unpaired) electrons. The summed E-state index contributed by atoms with van der Waals surface area (Å²) < 4.78 is 6.27. The monoisotopic (exact) mass is 294 g/mol. The lowest BCUT2D eigenvalue weighted by Crippen LogP contribution is -1.85. The van der Waals surface area contributed by atoms with Crippen LogP contribution in [0.3, 0.4) is 0 Å². The van der Waals surface area contributed by atoms with Gasteiger partial charge in [0.15, 0.2) is 0 Å². The molecule has 0 N–H and O–H groups in total. The zero-order valence-electron chi connectivity index (χ0n) is 9.82. The first-order valence-electron chi connectivity index (χ1n) is 5.88. The van der Waals surface area contributed by atoms with Crippen LogP contribution in [-0.2, 0) is 6.42 Å². The van der Waals surface area contributed by atoms with Crippen molar-refractivity contribution in [2.45, 2.75) is 32.6 Å². The molecular formula is C13H15BrN2O. The fourth-order valence-electron chi connectivity index (χ4n) is 1.60. The van der Waals surface area contributed by atoms with Crippen molar-refractivity contribution >= 4 is 15.9 Å². The highest BCUT2D eigenvalue weighted by atomic mass is 79.9. The Balaban J connectivity index is 2.04. The topological polar surface area (TPSA) is 38.9 Å². The van der Waals surface area contributed by atoms with Gasteiger partial charge in [-0.25, -0.2) is 0 Å². The summed E-state index contributed by atoms with van der Waals surface area (Å²) in [7, 11) is 0. The minimum atomic E-state index is 0.670. The van der Waals surface area contributed by atoms with Gasteiger partial charge in [-0.2, -0.15) is 4.98 Å². The van der Waals surface area contributed by atoms with Crippen molar-refractivity contribution in [3.8, 4) is 11.4 Å². The molecule has 0 saturated heterocycles. The Morgan fingerprint density at radius 2 is 1.94 bits per heavy atom. The molecule has 0 bridgehead atoms. The zero-order valence-corrected chi connectivity index (χ0v) is 11.4. The molecule has 0 aliphatic heterocycles. The minimum absolute atomic E-state index is 0.670. The second kappa shape index (κ2) is 5.96. The van der Waals surface area contributed by atoms with E-state index in [1.165, 1.54) is 12.8 Å². The third kappa shape index (κ3) is 3.40. The molecule has 1 aromatic heterocycles. The Bertz CT molecular complexity index is 465. The fourth-order valence-corrected chi connectivity index (χ4v) is 1.86. The first-order valence-corrected chi connectivity index (χ1v) is 6.67. The molecule has 0 spiro atoms. The number of halogens is 1. The summed E-state index contributed by atoms with van der Waals surface area (Å²) in [6.45, 7) is 2.18. The highest BCUT2D eigenvalue weighted by Gasteiger charge is 2.07. The maximum absolute atomic E-state index is 5.22. The summed E-state index contributed by atoms with van der Waals surface area (Å²) in [5.41, 5.74) is 0.985. The first kappa shape index (κ1) is 12.3. The Kier molecular flexibility index (Phi) is 4.31. The third-order valence-corrected chi connectivity index (χ3v) is 3.09. The Morgan fingerprint density at radius 3 is 2.65 bits per heavy atom. The number of benzene rings is 1. The molecule has 0 atom stereocenters.